The van der Waals surface area contributed by atoms with Gasteiger partial charge < -0.3 is 139 Å². The number of hydrogen-bond acceptors (Lipinski definition) is 28. The molecule has 18 N–H and O–H groups in total. The number of fused-ring (bicyclic) bond motifs is 5. The Kier molecular flexibility index (Phi) is 22.3. The first-order valence-corrected chi connectivity index (χ1v) is 32.0. The molecule has 3 saturated carbocycles. The third-order valence-corrected chi connectivity index (χ3v) is 23.1. The van der Waals surface area contributed by atoms with Crippen LogP contribution in [-0.2, 0) is 47.4 Å². The van der Waals surface area contributed by atoms with Gasteiger partial charge in [0.15, 0.2) is 31.5 Å². The van der Waals surface area contributed by atoms with E-state index in [1.807, 2.05) is 13.8 Å². The standard InChI is InChI=1S/C61H104O28/c1-10-28-37(66)41(70)46(75)52(81-28)80-23-32-40(69)44(73)51(89-55-48(77)43(72)39(68)30(21-63)83-55)56(85-32)87-36(58(5,6)79)15-11-24(2)25-17-18-59(7)33-14-12-26-27(61(33,9)34(65)19-60(25,59)8)13-16-35(57(26,3)4)86-53-49(78)45(74)50(31(22-64)84-53)88-54-47(76)42(71)38(67)29(20-62)82-54/h12,24-25,27-56,62-79H,10-11,13-23H2,1-9H3/t24-,25?,27?,28-,29-,30-,31-,32-,33?,34-,35+,36-,37-,38-,39-,40-,41+,42+,43+,44+,45-,46-,47-,48-,49-,50-,51-,52-,53+,54-,55+,56+,59+,60-,61+/m1/s1. The lowest BCUT2D eigenvalue weighted by molar-refractivity contribution is -0.380. The predicted molar refractivity (Wildman–Crippen MR) is 303 cm³/mol. The predicted octanol–water partition coefficient (Wildman–Crippen LogP) is -3.99. The lowest BCUT2D eigenvalue weighted by atomic mass is 9.38. The van der Waals surface area contributed by atoms with Gasteiger partial charge in [-0.05, 0) is 106 Å². The van der Waals surface area contributed by atoms with Crippen molar-refractivity contribution in [3.8, 4) is 0 Å². The van der Waals surface area contributed by atoms with E-state index < -0.39 is 215 Å². The lowest BCUT2D eigenvalue weighted by Crippen LogP contribution is -2.66. The van der Waals surface area contributed by atoms with Gasteiger partial charge in [0, 0.05) is 10.8 Å². The Hall–Kier alpha value is -1.38. The van der Waals surface area contributed by atoms with E-state index in [-0.39, 0.29) is 47.3 Å². The van der Waals surface area contributed by atoms with Gasteiger partial charge >= 0.3 is 0 Å². The molecule has 0 aromatic rings. The van der Waals surface area contributed by atoms with Crippen molar-refractivity contribution in [3.63, 3.8) is 0 Å². The molecule has 9 aliphatic rings. The summed E-state index contributed by atoms with van der Waals surface area (Å²) in [4.78, 5) is 0. The number of hydrogen-bond donors (Lipinski definition) is 18. The molecule has 516 valence electrons. The summed E-state index contributed by atoms with van der Waals surface area (Å²) < 4.78 is 60.0. The van der Waals surface area contributed by atoms with Gasteiger partial charge in [0.1, 0.15) is 116 Å². The molecule has 5 aliphatic heterocycles. The summed E-state index contributed by atoms with van der Waals surface area (Å²) in [7, 11) is 0. The largest absolute Gasteiger partial charge is 0.394 e. The van der Waals surface area contributed by atoms with Crippen LogP contribution in [0.1, 0.15) is 120 Å². The van der Waals surface area contributed by atoms with E-state index in [2.05, 4.69) is 33.8 Å². The molecule has 28 nitrogen and oxygen atoms in total. The summed E-state index contributed by atoms with van der Waals surface area (Å²) in [5.74, 6) is 0.0363. The summed E-state index contributed by atoms with van der Waals surface area (Å²) in [6, 6.07) is 0. The molecule has 4 aliphatic carbocycles. The Morgan fingerprint density at radius 2 is 1.02 bits per heavy atom. The van der Waals surface area contributed by atoms with Crippen LogP contribution >= 0.6 is 0 Å². The van der Waals surface area contributed by atoms with Crippen LogP contribution in [0.4, 0.5) is 0 Å². The van der Waals surface area contributed by atoms with Gasteiger partial charge in [0.25, 0.3) is 0 Å². The van der Waals surface area contributed by atoms with Crippen molar-refractivity contribution in [2.24, 2.45) is 45.3 Å². The number of aliphatic hydroxyl groups excluding tert-OH is 17. The molecular formula is C61H104O28. The minimum Gasteiger partial charge on any atom is -0.394 e. The van der Waals surface area contributed by atoms with Gasteiger partial charge in [-0.2, -0.15) is 0 Å². The second kappa shape index (κ2) is 27.6. The fraction of sp³-hybridized carbons (Fsp3) is 0.967. The monoisotopic (exact) mass is 1280 g/mol. The van der Waals surface area contributed by atoms with E-state index in [9.17, 15) is 91.9 Å². The molecule has 8 fully saturated rings. The molecule has 0 aromatic heterocycles. The van der Waals surface area contributed by atoms with E-state index >= 15 is 0 Å². The van der Waals surface area contributed by atoms with Gasteiger partial charge in [-0.1, -0.05) is 60.1 Å². The quantitative estimate of drug-likeness (QED) is 0.0517. The summed E-state index contributed by atoms with van der Waals surface area (Å²) in [6.07, 6.45) is -35.8. The minimum absolute atomic E-state index is 0.0198. The first-order valence-electron chi connectivity index (χ1n) is 32.0. The molecule has 5 heterocycles. The third-order valence-electron chi connectivity index (χ3n) is 23.1. The maximum Gasteiger partial charge on any atom is 0.187 e. The van der Waals surface area contributed by atoms with E-state index in [0.717, 1.165) is 18.4 Å². The topological polar surface area (TPSA) is 456 Å². The highest BCUT2D eigenvalue weighted by Crippen LogP contribution is 2.75. The van der Waals surface area contributed by atoms with Gasteiger partial charge in [0.05, 0.1) is 56.4 Å². The molecule has 0 spiro atoms. The SMILES string of the molecule is CC[C@H]1O[C@@H](OC[C@H]2O[C@@H](O[C@H](CC[C@@H](C)C3CC[C@@]4(C)C5CC=C6C(CC[C@H](O[C@@H]7O[C@H](CO)[C@@H](O[C@H]8O[C@H](CO)[C@@H](O)[C@H](O)[C@H]8O)[C@H](O)[C@H]7O)C6(C)C)[C@]5(C)[C@H](O)C[C@]34C)C(C)(C)O)[C@H](O[C@@H]3O[C@H](CO)[C@@H](O)[C@H](O)[C@H]3O)[C@@H](O)[C@@H]2O)[C@H](O)[C@@H](O)[C@@H]1O. The lowest BCUT2D eigenvalue weighted by Gasteiger charge is -2.67. The average Bonchev–Trinajstić information content (AvgIpc) is 1.66. The smallest absolute Gasteiger partial charge is 0.187 e. The van der Waals surface area contributed by atoms with Crippen LogP contribution in [0.5, 0.6) is 0 Å². The van der Waals surface area contributed by atoms with Gasteiger partial charge in [-0.3, -0.25) is 0 Å². The average molecular weight is 1290 g/mol. The Labute approximate surface area is 518 Å². The van der Waals surface area contributed by atoms with Crippen molar-refractivity contribution in [3.05, 3.63) is 11.6 Å². The zero-order valence-corrected chi connectivity index (χ0v) is 52.4. The van der Waals surface area contributed by atoms with Crippen LogP contribution in [0.15, 0.2) is 11.6 Å². The summed E-state index contributed by atoms with van der Waals surface area (Å²) in [6.45, 7) is 15.0. The third kappa shape index (κ3) is 13.0. The summed E-state index contributed by atoms with van der Waals surface area (Å²) >= 11 is 0. The van der Waals surface area contributed by atoms with Crippen molar-refractivity contribution in [2.45, 2.75) is 298 Å². The van der Waals surface area contributed by atoms with Crippen LogP contribution in [0, 0.1) is 45.3 Å². The first-order chi connectivity index (χ1) is 41.7. The first kappa shape index (κ1) is 71.9. The maximum absolute atomic E-state index is 12.8. The molecule has 0 bridgehead atoms. The molecule has 5 saturated heterocycles. The second-order valence-corrected chi connectivity index (χ2v) is 28.9. The number of rotatable bonds is 20. The van der Waals surface area contributed by atoms with Crippen LogP contribution in [-0.4, -0.2) is 296 Å². The van der Waals surface area contributed by atoms with Crippen molar-refractivity contribution in [1.82, 2.24) is 0 Å². The van der Waals surface area contributed by atoms with Crippen LogP contribution in [0.25, 0.3) is 0 Å². The van der Waals surface area contributed by atoms with E-state index in [1.54, 1.807) is 6.92 Å². The van der Waals surface area contributed by atoms with Crippen molar-refractivity contribution >= 4 is 0 Å². The normalized spacial score (nSPS) is 51.8. The minimum atomic E-state index is -1.93. The Morgan fingerprint density at radius 1 is 0.539 bits per heavy atom. The van der Waals surface area contributed by atoms with E-state index in [0.29, 0.717) is 32.1 Å². The molecule has 9 rings (SSSR count). The molecule has 0 aromatic carbocycles. The van der Waals surface area contributed by atoms with Crippen molar-refractivity contribution in [2.75, 3.05) is 26.4 Å². The van der Waals surface area contributed by atoms with Gasteiger partial charge in [0.2, 0.25) is 0 Å². The number of allylic oxidation sites excluding steroid dienone is 1. The van der Waals surface area contributed by atoms with Crippen LogP contribution in [0.3, 0.4) is 0 Å². The molecular weight excluding hydrogens is 1180 g/mol. The van der Waals surface area contributed by atoms with E-state index in [1.165, 1.54) is 13.8 Å². The molecule has 0 amide bonds. The van der Waals surface area contributed by atoms with Crippen molar-refractivity contribution < 1.29 is 139 Å². The summed E-state index contributed by atoms with van der Waals surface area (Å²) in [5.41, 5.74) is -2.41. The fourth-order valence-corrected chi connectivity index (χ4v) is 17.3. The molecule has 3 unspecified atom stereocenters. The summed E-state index contributed by atoms with van der Waals surface area (Å²) in [5, 5.41) is 196. The second-order valence-electron chi connectivity index (χ2n) is 28.9. The van der Waals surface area contributed by atoms with Crippen LogP contribution < -0.4 is 0 Å². The molecule has 28 heteroatoms. The number of aliphatic hydroxyl groups is 18. The molecule has 35 atom stereocenters. The molecule has 89 heavy (non-hydrogen) atoms. The zero-order chi connectivity index (χ0) is 65.5. The van der Waals surface area contributed by atoms with E-state index in [4.69, 9.17) is 47.4 Å². The fourth-order valence-electron chi connectivity index (χ4n) is 17.3. The zero-order valence-electron chi connectivity index (χ0n) is 52.4. The highest BCUT2D eigenvalue weighted by atomic mass is 16.8. The number of ether oxygens (including phenoxy) is 10. The van der Waals surface area contributed by atoms with Gasteiger partial charge in [-0.15, -0.1) is 0 Å². The highest BCUT2D eigenvalue weighted by Gasteiger charge is 2.71. The van der Waals surface area contributed by atoms with Crippen LogP contribution in [0.2, 0.25) is 0 Å². The van der Waals surface area contributed by atoms with Gasteiger partial charge in [-0.25, -0.2) is 0 Å². The highest BCUT2D eigenvalue weighted by molar-refractivity contribution is 5.32. The Bertz CT molecular complexity index is 2340. The molecule has 0 radical (unpaired) electrons. The van der Waals surface area contributed by atoms with Crippen molar-refractivity contribution in [1.29, 1.82) is 0 Å². The maximum atomic E-state index is 12.8. The Balaban J connectivity index is 0.884. The Morgan fingerprint density at radius 3 is 1.58 bits per heavy atom.